The molecule has 0 fully saturated rings. The van der Waals surface area contributed by atoms with E-state index in [1.165, 1.54) is 13.8 Å². The fourth-order valence-electron chi connectivity index (χ4n) is 1.07. The molecule has 1 aromatic heterocycles. The van der Waals surface area contributed by atoms with Crippen molar-refractivity contribution in [1.29, 1.82) is 0 Å². The molecule has 0 amide bonds. The van der Waals surface area contributed by atoms with Gasteiger partial charge in [-0.05, 0) is 29.8 Å². The molecule has 0 aliphatic carbocycles. The standard InChI is InChI=1S/C8H10BrF3N2O/c1-7(2,15)4-14-3-5(6(9)13-14)8(10,11)12/h3,15H,4H2,1-2H3. The minimum atomic E-state index is -4.43. The summed E-state index contributed by atoms with van der Waals surface area (Å²) in [5, 5.41) is 13.0. The summed E-state index contributed by atoms with van der Waals surface area (Å²) in [5.74, 6) is 0. The van der Waals surface area contributed by atoms with Crippen LogP contribution in [-0.2, 0) is 12.7 Å². The molecule has 0 aliphatic heterocycles. The van der Waals surface area contributed by atoms with Crippen LogP contribution in [0.3, 0.4) is 0 Å². The van der Waals surface area contributed by atoms with Crippen molar-refractivity contribution in [1.82, 2.24) is 9.78 Å². The number of aromatic nitrogens is 2. The van der Waals surface area contributed by atoms with Crippen LogP contribution in [0, 0.1) is 0 Å². The molecule has 15 heavy (non-hydrogen) atoms. The lowest BCUT2D eigenvalue weighted by Crippen LogP contribution is -2.26. The fraction of sp³-hybridized carbons (Fsp3) is 0.625. The Morgan fingerprint density at radius 3 is 2.33 bits per heavy atom. The zero-order chi connectivity index (χ0) is 11.9. The molecule has 0 saturated carbocycles. The van der Waals surface area contributed by atoms with Gasteiger partial charge in [0.2, 0.25) is 0 Å². The van der Waals surface area contributed by atoms with Crippen molar-refractivity contribution >= 4 is 15.9 Å². The van der Waals surface area contributed by atoms with Crippen LogP contribution in [0.1, 0.15) is 19.4 Å². The molecule has 0 unspecified atom stereocenters. The molecule has 1 rings (SSSR count). The first-order chi connectivity index (χ1) is 6.59. The number of aliphatic hydroxyl groups is 1. The van der Waals surface area contributed by atoms with E-state index in [0.29, 0.717) is 0 Å². The lowest BCUT2D eigenvalue weighted by molar-refractivity contribution is -0.138. The predicted molar refractivity (Wildman–Crippen MR) is 51.2 cm³/mol. The van der Waals surface area contributed by atoms with Crippen molar-refractivity contribution in [2.45, 2.75) is 32.2 Å². The van der Waals surface area contributed by atoms with Crippen LogP contribution < -0.4 is 0 Å². The molecule has 1 heterocycles. The van der Waals surface area contributed by atoms with E-state index >= 15 is 0 Å². The molecule has 0 radical (unpaired) electrons. The van der Waals surface area contributed by atoms with E-state index < -0.39 is 17.3 Å². The van der Waals surface area contributed by atoms with Gasteiger partial charge in [0.25, 0.3) is 0 Å². The van der Waals surface area contributed by atoms with Gasteiger partial charge in [0, 0.05) is 6.20 Å². The fourth-order valence-corrected chi connectivity index (χ4v) is 1.60. The van der Waals surface area contributed by atoms with Gasteiger partial charge < -0.3 is 5.11 Å². The maximum Gasteiger partial charge on any atom is 0.420 e. The first kappa shape index (κ1) is 12.5. The number of rotatable bonds is 2. The topological polar surface area (TPSA) is 38.0 Å². The SMILES string of the molecule is CC(C)(O)Cn1cc(C(F)(F)F)c(Br)n1. The second-order valence-electron chi connectivity index (χ2n) is 3.84. The highest BCUT2D eigenvalue weighted by atomic mass is 79.9. The highest BCUT2D eigenvalue weighted by molar-refractivity contribution is 9.10. The van der Waals surface area contributed by atoms with Crippen molar-refractivity contribution in [3.63, 3.8) is 0 Å². The van der Waals surface area contributed by atoms with E-state index in [0.717, 1.165) is 10.9 Å². The Hall–Kier alpha value is -0.560. The largest absolute Gasteiger partial charge is 0.420 e. The highest BCUT2D eigenvalue weighted by Crippen LogP contribution is 2.34. The Kier molecular flexibility index (Phi) is 3.16. The number of hydrogen-bond acceptors (Lipinski definition) is 2. The van der Waals surface area contributed by atoms with Crippen LogP contribution in [0.2, 0.25) is 0 Å². The van der Waals surface area contributed by atoms with Crippen molar-refractivity contribution in [2.75, 3.05) is 0 Å². The van der Waals surface area contributed by atoms with Gasteiger partial charge in [0.05, 0.1) is 12.1 Å². The lowest BCUT2D eigenvalue weighted by atomic mass is 10.1. The zero-order valence-electron chi connectivity index (χ0n) is 8.14. The van der Waals surface area contributed by atoms with Crippen molar-refractivity contribution < 1.29 is 18.3 Å². The third kappa shape index (κ3) is 3.49. The monoisotopic (exact) mass is 286 g/mol. The summed E-state index contributed by atoms with van der Waals surface area (Å²) in [5.41, 5.74) is -1.94. The molecule has 1 aromatic rings. The second-order valence-corrected chi connectivity index (χ2v) is 4.59. The number of hydrogen-bond donors (Lipinski definition) is 1. The maximum atomic E-state index is 12.3. The van der Waals surface area contributed by atoms with E-state index in [1.807, 2.05) is 0 Å². The van der Waals surface area contributed by atoms with E-state index in [9.17, 15) is 18.3 Å². The summed E-state index contributed by atoms with van der Waals surface area (Å²) in [6, 6.07) is 0. The Labute approximate surface area is 93.0 Å². The van der Waals surface area contributed by atoms with Crippen LogP contribution in [0.25, 0.3) is 0 Å². The molecule has 0 saturated heterocycles. The number of halogens is 4. The first-order valence-electron chi connectivity index (χ1n) is 4.12. The minimum absolute atomic E-state index is 0.00167. The van der Waals surface area contributed by atoms with Crippen molar-refractivity contribution in [3.05, 3.63) is 16.4 Å². The van der Waals surface area contributed by atoms with E-state index in [1.54, 1.807) is 0 Å². The minimum Gasteiger partial charge on any atom is -0.389 e. The Morgan fingerprint density at radius 2 is 2.00 bits per heavy atom. The van der Waals surface area contributed by atoms with Gasteiger partial charge >= 0.3 is 6.18 Å². The van der Waals surface area contributed by atoms with Gasteiger partial charge in [-0.3, -0.25) is 4.68 Å². The average Bonchev–Trinajstić information content (AvgIpc) is 2.25. The van der Waals surface area contributed by atoms with Crippen LogP contribution in [0.5, 0.6) is 0 Å². The maximum absolute atomic E-state index is 12.3. The third-order valence-corrected chi connectivity index (χ3v) is 2.16. The molecule has 0 aromatic carbocycles. The summed E-state index contributed by atoms with van der Waals surface area (Å²) in [7, 11) is 0. The first-order valence-corrected chi connectivity index (χ1v) is 4.91. The van der Waals surface area contributed by atoms with Gasteiger partial charge in [-0.15, -0.1) is 0 Å². The predicted octanol–water partition coefficient (Wildman–Crippen LogP) is 2.44. The zero-order valence-corrected chi connectivity index (χ0v) is 9.72. The molecule has 86 valence electrons. The molecule has 0 spiro atoms. The van der Waals surface area contributed by atoms with Crippen molar-refractivity contribution in [3.8, 4) is 0 Å². The number of alkyl halides is 3. The normalized spacial score (nSPS) is 13.3. The molecular formula is C8H10BrF3N2O. The molecule has 3 nitrogen and oxygen atoms in total. The molecule has 0 atom stereocenters. The smallest absolute Gasteiger partial charge is 0.389 e. The Bertz CT molecular complexity index is 354. The summed E-state index contributed by atoms with van der Waals surface area (Å²) >= 11 is 2.73. The summed E-state index contributed by atoms with van der Waals surface area (Å²) in [6.45, 7) is 2.99. The van der Waals surface area contributed by atoms with Crippen LogP contribution in [-0.4, -0.2) is 20.5 Å². The van der Waals surface area contributed by atoms with Gasteiger partial charge in [-0.25, -0.2) is 0 Å². The molecular weight excluding hydrogens is 277 g/mol. The highest BCUT2D eigenvalue weighted by Gasteiger charge is 2.35. The summed E-state index contributed by atoms with van der Waals surface area (Å²) in [6.07, 6.45) is -3.57. The summed E-state index contributed by atoms with van der Waals surface area (Å²) in [4.78, 5) is 0. The molecule has 7 heteroatoms. The Morgan fingerprint density at radius 1 is 1.47 bits per heavy atom. The second kappa shape index (κ2) is 3.79. The summed E-state index contributed by atoms with van der Waals surface area (Å²) < 4.78 is 37.8. The average molecular weight is 287 g/mol. The molecule has 0 bridgehead atoms. The van der Waals surface area contributed by atoms with E-state index in [-0.39, 0.29) is 11.1 Å². The molecule has 0 aliphatic rings. The van der Waals surface area contributed by atoms with Crippen LogP contribution in [0.15, 0.2) is 10.8 Å². The molecule has 1 N–H and O–H groups in total. The van der Waals surface area contributed by atoms with E-state index in [2.05, 4.69) is 21.0 Å². The quantitative estimate of drug-likeness (QED) is 0.907. The van der Waals surface area contributed by atoms with Crippen LogP contribution in [0.4, 0.5) is 13.2 Å². The van der Waals surface area contributed by atoms with Gasteiger partial charge in [0.1, 0.15) is 10.2 Å². The van der Waals surface area contributed by atoms with Gasteiger partial charge in [0.15, 0.2) is 0 Å². The van der Waals surface area contributed by atoms with Crippen molar-refractivity contribution in [2.24, 2.45) is 0 Å². The third-order valence-electron chi connectivity index (χ3n) is 1.57. The lowest BCUT2D eigenvalue weighted by Gasteiger charge is -2.16. The van der Waals surface area contributed by atoms with Crippen LogP contribution >= 0.6 is 15.9 Å². The Balaban J connectivity index is 2.97. The van der Waals surface area contributed by atoms with Gasteiger partial charge in [-0.2, -0.15) is 18.3 Å². The number of nitrogens with zero attached hydrogens (tertiary/aromatic N) is 2. The van der Waals surface area contributed by atoms with E-state index in [4.69, 9.17) is 0 Å². The van der Waals surface area contributed by atoms with Gasteiger partial charge in [-0.1, -0.05) is 0 Å².